The first kappa shape index (κ1) is 21.6. The molecule has 176 valence electrons. The maximum absolute atomic E-state index is 14.0. The van der Waals surface area contributed by atoms with Crippen molar-refractivity contribution in [1.29, 1.82) is 0 Å². The van der Waals surface area contributed by atoms with Crippen LogP contribution in [-0.2, 0) is 0 Å². The highest BCUT2D eigenvalue weighted by Gasteiger charge is 2.20. The van der Waals surface area contributed by atoms with Gasteiger partial charge in [0.25, 0.3) is 5.56 Å². The Bertz CT molecular complexity index is 1960. The van der Waals surface area contributed by atoms with Gasteiger partial charge in [-0.05, 0) is 30.3 Å². The first-order chi connectivity index (χ1) is 18.2. The molecule has 0 spiro atoms. The zero-order valence-electron chi connectivity index (χ0n) is 19.3. The standard InChI is InChI=1S/C29H17BrN6O/c30-20-15-16-21-24(17-20)35-23-14-8-7-13-22(23)31-29(35)36(27(21)37)28-33-25(18-9-3-1-4-10-18)32-26(34-28)19-11-5-2-6-12-19/h1-17H. The molecule has 0 saturated carbocycles. The van der Waals surface area contributed by atoms with Gasteiger partial charge in [-0.3, -0.25) is 9.20 Å². The first-order valence-electron chi connectivity index (χ1n) is 11.7. The molecule has 0 bridgehead atoms. The van der Waals surface area contributed by atoms with E-state index in [0.29, 0.717) is 22.8 Å². The largest absolute Gasteiger partial charge is 0.277 e. The molecule has 0 N–H and O–H groups in total. The van der Waals surface area contributed by atoms with E-state index in [0.717, 1.165) is 32.1 Å². The van der Waals surface area contributed by atoms with Gasteiger partial charge in [0.15, 0.2) is 11.6 Å². The minimum Gasteiger partial charge on any atom is -0.277 e. The third kappa shape index (κ3) is 3.53. The van der Waals surface area contributed by atoms with Crippen LogP contribution in [0.4, 0.5) is 0 Å². The quantitative estimate of drug-likeness (QED) is 0.269. The second kappa shape index (κ2) is 8.46. The lowest BCUT2D eigenvalue weighted by molar-refractivity contribution is 0.875. The molecule has 3 aromatic heterocycles. The second-order valence-corrected chi connectivity index (χ2v) is 9.47. The van der Waals surface area contributed by atoms with Crippen LogP contribution in [0.3, 0.4) is 0 Å². The molecule has 0 saturated heterocycles. The zero-order valence-corrected chi connectivity index (χ0v) is 20.9. The molecule has 0 unspecified atom stereocenters. The molecule has 0 atom stereocenters. The summed E-state index contributed by atoms with van der Waals surface area (Å²) in [5, 5.41) is 0.529. The Morgan fingerprint density at radius 2 is 1.24 bits per heavy atom. The van der Waals surface area contributed by atoms with Gasteiger partial charge < -0.3 is 0 Å². The Balaban J connectivity index is 1.63. The molecule has 7 rings (SSSR count). The van der Waals surface area contributed by atoms with E-state index in [-0.39, 0.29) is 11.5 Å². The van der Waals surface area contributed by atoms with Gasteiger partial charge in [-0.1, -0.05) is 88.7 Å². The fourth-order valence-corrected chi connectivity index (χ4v) is 4.91. The van der Waals surface area contributed by atoms with E-state index in [1.54, 1.807) is 0 Å². The molecule has 0 radical (unpaired) electrons. The van der Waals surface area contributed by atoms with E-state index < -0.39 is 0 Å². The van der Waals surface area contributed by atoms with Gasteiger partial charge in [-0.25, -0.2) is 14.5 Å². The van der Waals surface area contributed by atoms with Crippen LogP contribution in [0, 0.1) is 0 Å². The summed E-state index contributed by atoms with van der Waals surface area (Å²) >= 11 is 3.55. The van der Waals surface area contributed by atoms with E-state index >= 15 is 0 Å². The van der Waals surface area contributed by atoms with Crippen LogP contribution in [0.1, 0.15) is 0 Å². The summed E-state index contributed by atoms with van der Waals surface area (Å²) in [6, 6.07) is 32.8. The molecule has 0 fully saturated rings. The molecule has 0 amide bonds. The molecule has 0 aliphatic carbocycles. The molecule has 3 heterocycles. The fourth-order valence-electron chi connectivity index (χ4n) is 4.56. The molecule has 4 aromatic carbocycles. The Hall–Kier alpha value is -4.69. The first-order valence-corrected chi connectivity index (χ1v) is 12.5. The average molecular weight is 545 g/mol. The van der Waals surface area contributed by atoms with Crippen molar-refractivity contribution in [3.63, 3.8) is 0 Å². The van der Waals surface area contributed by atoms with E-state index in [1.807, 2.05) is 108 Å². The van der Waals surface area contributed by atoms with Gasteiger partial charge in [0.05, 0.1) is 21.9 Å². The topological polar surface area (TPSA) is 78.0 Å². The van der Waals surface area contributed by atoms with Gasteiger partial charge in [0, 0.05) is 15.6 Å². The van der Waals surface area contributed by atoms with Crippen LogP contribution in [0.25, 0.3) is 56.4 Å². The number of fused-ring (bicyclic) bond motifs is 5. The lowest BCUT2D eigenvalue weighted by atomic mass is 10.2. The zero-order chi connectivity index (χ0) is 24.9. The van der Waals surface area contributed by atoms with Crippen LogP contribution in [0.5, 0.6) is 0 Å². The van der Waals surface area contributed by atoms with E-state index in [4.69, 9.17) is 19.9 Å². The van der Waals surface area contributed by atoms with Crippen molar-refractivity contribution < 1.29 is 0 Å². The van der Waals surface area contributed by atoms with Crippen LogP contribution in [-0.4, -0.2) is 28.9 Å². The van der Waals surface area contributed by atoms with Gasteiger partial charge in [0.2, 0.25) is 11.7 Å². The lowest BCUT2D eigenvalue weighted by Gasteiger charge is -2.12. The monoisotopic (exact) mass is 544 g/mol. The minimum atomic E-state index is -0.255. The summed E-state index contributed by atoms with van der Waals surface area (Å²) in [5.74, 6) is 1.59. The maximum Gasteiger partial charge on any atom is 0.269 e. The highest BCUT2D eigenvalue weighted by atomic mass is 79.9. The number of rotatable bonds is 3. The number of hydrogen-bond donors (Lipinski definition) is 0. The van der Waals surface area contributed by atoms with E-state index in [9.17, 15) is 4.79 Å². The van der Waals surface area contributed by atoms with Crippen molar-refractivity contribution in [2.24, 2.45) is 0 Å². The predicted octanol–water partition coefficient (Wildman–Crippen LogP) is 6.07. The highest BCUT2D eigenvalue weighted by Crippen LogP contribution is 2.26. The smallest absolute Gasteiger partial charge is 0.269 e. The maximum atomic E-state index is 14.0. The van der Waals surface area contributed by atoms with E-state index in [2.05, 4.69) is 15.9 Å². The van der Waals surface area contributed by atoms with Crippen LogP contribution in [0.2, 0.25) is 0 Å². The van der Waals surface area contributed by atoms with Crippen molar-refractivity contribution in [2.75, 3.05) is 0 Å². The SMILES string of the molecule is O=c1c2ccc(Br)cc2n2c3ccccc3nc2n1-c1nc(-c2ccccc2)nc(-c2ccccc2)n1. The summed E-state index contributed by atoms with van der Waals surface area (Å²) in [7, 11) is 0. The molecule has 37 heavy (non-hydrogen) atoms. The summed E-state index contributed by atoms with van der Waals surface area (Å²) in [5.41, 5.74) is 3.80. The van der Waals surface area contributed by atoms with Gasteiger partial charge in [-0.15, -0.1) is 0 Å². The molecular weight excluding hydrogens is 528 g/mol. The van der Waals surface area contributed by atoms with Crippen molar-refractivity contribution in [2.45, 2.75) is 0 Å². The van der Waals surface area contributed by atoms with Crippen LogP contribution >= 0.6 is 15.9 Å². The molecule has 0 aliphatic heterocycles. The molecule has 7 nitrogen and oxygen atoms in total. The minimum absolute atomic E-state index is 0.211. The number of imidazole rings is 1. The number of para-hydroxylation sites is 2. The number of benzene rings is 4. The molecule has 8 heteroatoms. The van der Waals surface area contributed by atoms with Crippen molar-refractivity contribution in [1.82, 2.24) is 28.9 Å². The summed E-state index contributed by atoms with van der Waals surface area (Å²) in [4.78, 5) is 33.2. The van der Waals surface area contributed by atoms with Gasteiger partial charge in [0.1, 0.15) is 0 Å². The third-order valence-corrected chi connectivity index (χ3v) is 6.76. The van der Waals surface area contributed by atoms with Crippen LogP contribution < -0.4 is 5.56 Å². The number of aromatic nitrogens is 6. The Kier molecular flexibility index (Phi) is 4.93. The van der Waals surface area contributed by atoms with E-state index in [1.165, 1.54) is 4.57 Å². The number of nitrogens with zero attached hydrogens (tertiary/aromatic N) is 6. The average Bonchev–Trinajstić information content (AvgIpc) is 3.33. The second-order valence-electron chi connectivity index (χ2n) is 8.55. The van der Waals surface area contributed by atoms with Gasteiger partial charge >= 0.3 is 0 Å². The summed E-state index contributed by atoms with van der Waals surface area (Å²) in [6.07, 6.45) is 0. The predicted molar refractivity (Wildman–Crippen MR) is 148 cm³/mol. The number of halogens is 1. The van der Waals surface area contributed by atoms with Gasteiger partial charge in [-0.2, -0.15) is 9.97 Å². The normalized spacial score (nSPS) is 11.5. The lowest BCUT2D eigenvalue weighted by Crippen LogP contribution is -2.24. The molecule has 0 aliphatic rings. The molecular formula is C29H17BrN6O. The number of hydrogen-bond acceptors (Lipinski definition) is 5. The summed E-state index contributed by atoms with van der Waals surface area (Å²) < 4.78 is 4.33. The van der Waals surface area contributed by atoms with Crippen molar-refractivity contribution in [3.05, 3.63) is 118 Å². The summed E-state index contributed by atoms with van der Waals surface area (Å²) in [6.45, 7) is 0. The van der Waals surface area contributed by atoms with Crippen molar-refractivity contribution >= 4 is 43.6 Å². The Morgan fingerprint density at radius 1 is 0.622 bits per heavy atom. The van der Waals surface area contributed by atoms with Crippen LogP contribution in [0.15, 0.2) is 112 Å². The molecule has 7 aromatic rings. The Labute approximate surface area is 218 Å². The third-order valence-electron chi connectivity index (χ3n) is 6.26. The van der Waals surface area contributed by atoms with Crippen molar-refractivity contribution in [3.8, 4) is 28.7 Å². The highest BCUT2D eigenvalue weighted by molar-refractivity contribution is 9.10. The Morgan fingerprint density at radius 3 is 1.92 bits per heavy atom. The fraction of sp³-hybridized carbons (Fsp3) is 0.